The van der Waals surface area contributed by atoms with Crippen LogP contribution in [-0.4, -0.2) is 88.7 Å². The van der Waals surface area contributed by atoms with Gasteiger partial charge < -0.3 is 34.6 Å². The van der Waals surface area contributed by atoms with Gasteiger partial charge in [-0.2, -0.15) is 13.2 Å². The average molecular weight is 666 g/mol. The van der Waals surface area contributed by atoms with Crippen molar-refractivity contribution in [3.63, 3.8) is 0 Å². The Bertz CT molecular complexity index is 1510. The summed E-state index contributed by atoms with van der Waals surface area (Å²) in [5.74, 6) is -2.37. The Labute approximate surface area is 269 Å². The van der Waals surface area contributed by atoms with Crippen LogP contribution in [0.4, 0.5) is 18.9 Å². The summed E-state index contributed by atoms with van der Waals surface area (Å²) in [6.07, 6.45) is -6.90. The van der Waals surface area contributed by atoms with Crippen molar-refractivity contribution in [3.8, 4) is 11.5 Å². The highest BCUT2D eigenvalue weighted by atomic mass is 19.4. The summed E-state index contributed by atoms with van der Waals surface area (Å²) in [5, 5.41) is 34.8. The molecule has 1 aliphatic rings. The minimum Gasteiger partial charge on any atom is -0.491 e. The summed E-state index contributed by atoms with van der Waals surface area (Å²) < 4.78 is 61.2. The van der Waals surface area contributed by atoms with Crippen molar-refractivity contribution < 1.29 is 52.1 Å². The molecule has 3 atom stereocenters. The van der Waals surface area contributed by atoms with E-state index in [1.165, 1.54) is 45.0 Å². The van der Waals surface area contributed by atoms with Gasteiger partial charge in [0.15, 0.2) is 0 Å². The van der Waals surface area contributed by atoms with Crippen molar-refractivity contribution in [2.75, 3.05) is 26.3 Å². The molecule has 3 N–H and O–H groups in total. The normalized spacial score (nSPS) is 16.6. The molecule has 0 spiro atoms. The number of nitro groups is 1. The largest absolute Gasteiger partial charge is 0.491 e. The van der Waals surface area contributed by atoms with Gasteiger partial charge in [-0.15, -0.1) is 0 Å². The standard InChI is InChI=1S/C32H38F3N3O9/c1-6-45-31(42)28-27(21-8-7-9-22(14-21)38(43)44)26(30(40)41)20(5)37(29(28)32(33,34)35)16-19(4)47-25-12-10-24(11-13-25)46-17-23(39)15-36-18(2)3/h7-14,18-20,23,36,39H,6,15-17H2,1-5H3,(H,40,41). The molecule has 2 aromatic rings. The van der Waals surface area contributed by atoms with Gasteiger partial charge in [-0.05, 0) is 50.6 Å². The van der Waals surface area contributed by atoms with Crippen molar-refractivity contribution in [1.29, 1.82) is 0 Å². The molecule has 0 fully saturated rings. The SMILES string of the molecule is CCOC(=O)C1=C(C(F)(F)F)N(CC(C)Oc2ccc(OCC(O)CNC(C)C)cc2)C(C)C(C(=O)O)=C1c1cccc([N+](=O)[O-])c1. The first-order valence-electron chi connectivity index (χ1n) is 14.8. The number of halogens is 3. The highest BCUT2D eigenvalue weighted by Crippen LogP contribution is 2.45. The lowest BCUT2D eigenvalue weighted by atomic mass is 9.83. The number of nitrogens with zero attached hydrogens (tertiary/aromatic N) is 2. The molecule has 3 unspecified atom stereocenters. The zero-order valence-corrected chi connectivity index (χ0v) is 26.5. The molecule has 2 aromatic carbocycles. The molecule has 256 valence electrons. The maximum atomic E-state index is 14.9. The molecular formula is C32H38F3N3O9. The van der Waals surface area contributed by atoms with Crippen LogP contribution in [0.5, 0.6) is 11.5 Å². The van der Waals surface area contributed by atoms with E-state index >= 15 is 0 Å². The number of benzene rings is 2. The predicted octanol–water partition coefficient (Wildman–Crippen LogP) is 4.72. The molecule has 0 bridgehead atoms. The number of carboxylic acids is 1. The van der Waals surface area contributed by atoms with Gasteiger partial charge in [0.25, 0.3) is 5.69 Å². The van der Waals surface area contributed by atoms with Crippen LogP contribution in [0.1, 0.15) is 40.2 Å². The van der Waals surface area contributed by atoms with Crippen molar-refractivity contribution >= 4 is 23.2 Å². The van der Waals surface area contributed by atoms with E-state index in [-0.39, 0.29) is 30.6 Å². The molecule has 0 saturated heterocycles. The molecule has 12 nitrogen and oxygen atoms in total. The summed E-state index contributed by atoms with van der Waals surface area (Å²) >= 11 is 0. The van der Waals surface area contributed by atoms with Gasteiger partial charge in [0.05, 0.1) is 35.3 Å². The third-order valence-electron chi connectivity index (χ3n) is 7.07. The fraction of sp³-hybridized carbons (Fsp3) is 0.438. The van der Waals surface area contributed by atoms with Crippen LogP contribution in [0.3, 0.4) is 0 Å². The third-order valence-corrected chi connectivity index (χ3v) is 7.07. The fourth-order valence-corrected chi connectivity index (χ4v) is 5.06. The molecule has 3 rings (SSSR count). The number of nitro benzene ring substituents is 1. The number of hydrogen-bond donors (Lipinski definition) is 3. The fourth-order valence-electron chi connectivity index (χ4n) is 5.06. The Morgan fingerprint density at radius 1 is 1.11 bits per heavy atom. The molecule has 0 aromatic heterocycles. The second-order valence-electron chi connectivity index (χ2n) is 11.1. The summed E-state index contributed by atoms with van der Waals surface area (Å²) in [5.41, 5.74) is -4.51. The Balaban J connectivity index is 1.98. The van der Waals surface area contributed by atoms with Crippen LogP contribution in [0.25, 0.3) is 5.57 Å². The molecule has 15 heteroatoms. The van der Waals surface area contributed by atoms with E-state index in [1.807, 2.05) is 13.8 Å². The Hall–Kier alpha value is -4.63. The van der Waals surface area contributed by atoms with Crippen molar-refractivity contribution in [2.24, 2.45) is 0 Å². The molecular weight excluding hydrogens is 627 g/mol. The number of carbonyl (C=O) groups excluding carboxylic acids is 1. The number of nitrogens with one attached hydrogen (secondary N) is 1. The summed E-state index contributed by atoms with van der Waals surface area (Å²) in [6.45, 7) is 7.51. The predicted molar refractivity (Wildman–Crippen MR) is 165 cm³/mol. The van der Waals surface area contributed by atoms with Gasteiger partial charge >= 0.3 is 18.1 Å². The Morgan fingerprint density at radius 2 is 1.74 bits per heavy atom. The molecule has 0 saturated carbocycles. The number of rotatable bonds is 15. The van der Waals surface area contributed by atoms with E-state index in [9.17, 15) is 43.1 Å². The topological polar surface area (TPSA) is 161 Å². The molecule has 1 heterocycles. The number of hydrogen-bond acceptors (Lipinski definition) is 10. The van der Waals surface area contributed by atoms with E-state index in [2.05, 4.69) is 5.32 Å². The average Bonchev–Trinajstić information content (AvgIpc) is 2.99. The maximum absolute atomic E-state index is 14.9. The van der Waals surface area contributed by atoms with Crippen molar-refractivity contribution in [1.82, 2.24) is 10.2 Å². The van der Waals surface area contributed by atoms with Crippen LogP contribution in [0, 0.1) is 10.1 Å². The van der Waals surface area contributed by atoms with E-state index < -0.39 is 75.9 Å². The number of carboxylic acid groups (broad SMARTS) is 1. The van der Waals surface area contributed by atoms with Gasteiger partial charge in [-0.25, -0.2) is 9.59 Å². The molecule has 1 aliphatic heterocycles. The van der Waals surface area contributed by atoms with Crippen LogP contribution in [-0.2, 0) is 14.3 Å². The van der Waals surface area contributed by atoms with E-state index in [0.717, 1.165) is 17.0 Å². The number of ether oxygens (including phenoxy) is 3. The van der Waals surface area contributed by atoms with Gasteiger partial charge in [-0.1, -0.05) is 26.0 Å². The summed E-state index contributed by atoms with van der Waals surface area (Å²) in [7, 11) is 0. The molecule has 0 amide bonds. The Kier molecular flexibility index (Phi) is 12.4. The van der Waals surface area contributed by atoms with Gasteiger partial charge in [0.1, 0.15) is 36.0 Å². The first-order valence-corrected chi connectivity index (χ1v) is 14.8. The maximum Gasteiger partial charge on any atom is 0.432 e. The molecule has 0 aliphatic carbocycles. The molecule has 47 heavy (non-hydrogen) atoms. The zero-order valence-electron chi connectivity index (χ0n) is 26.5. The van der Waals surface area contributed by atoms with Crippen LogP contribution >= 0.6 is 0 Å². The zero-order chi connectivity index (χ0) is 35.1. The monoisotopic (exact) mass is 665 g/mol. The van der Waals surface area contributed by atoms with Crippen LogP contribution in [0.2, 0.25) is 0 Å². The number of aliphatic carboxylic acids is 1. The van der Waals surface area contributed by atoms with Crippen LogP contribution in [0.15, 0.2) is 65.4 Å². The Morgan fingerprint density at radius 3 is 2.30 bits per heavy atom. The van der Waals surface area contributed by atoms with Crippen LogP contribution < -0.4 is 14.8 Å². The lowest BCUT2D eigenvalue weighted by molar-refractivity contribution is -0.384. The summed E-state index contributed by atoms with van der Waals surface area (Å²) in [4.78, 5) is 37.2. The minimum atomic E-state index is -5.18. The van der Waals surface area contributed by atoms with E-state index in [0.29, 0.717) is 12.3 Å². The van der Waals surface area contributed by atoms with E-state index in [1.54, 1.807) is 12.1 Å². The minimum absolute atomic E-state index is 0.0241. The quantitative estimate of drug-likeness (QED) is 0.137. The highest BCUT2D eigenvalue weighted by Gasteiger charge is 2.50. The van der Waals surface area contributed by atoms with Gasteiger partial charge in [-0.3, -0.25) is 10.1 Å². The number of carbonyl (C=O) groups is 2. The van der Waals surface area contributed by atoms with Gasteiger partial charge in [0.2, 0.25) is 0 Å². The van der Waals surface area contributed by atoms with Crippen molar-refractivity contribution in [3.05, 3.63) is 81.1 Å². The summed E-state index contributed by atoms with van der Waals surface area (Å²) in [6, 6.07) is 9.29. The van der Waals surface area contributed by atoms with E-state index in [4.69, 9.17) is 14.2 Å². The first kappa shape index (κ1) is 36.8. The highest BCUT2D eigenvalue weighted by molar-refractivity contribution is 6.14. The molecule has 0 radical (unpaired) electrons. The third kappa shape index (κ3) is 9.45. The first-order chi connectivity index (χ1) is 22.0. The smallest absolute Gasteiger partial charge is 0.432 e. The lowest BCUT2D eigenvalue weighted by Crippen LogP contribution is -2.49. The van der Waals surface area contributed by atoms with Gasteiger partial charge in [0, 0.05) is 30.3 Å². The second-order valence-corrected chi connectivity index (χ2v) is 11.1. The lowest BCUT2D eigenvalue weighted by Gasteiger charge is -2.41. The number of alkyl halides is 3. The number of non-ortho nitro benzene ring substituents is 1. The van der Waals surface area contributed by atoms with Crippen molar-refractivity contribution in [2.45, 2.75) is 65.1 Å². The second kappa shape index (κ2) is 15.8. The number of aliphatic hydroxyl groups excluding tert-OH is 1. The number of esters is 1. The number of allylic oxidation sites excluding steroid dienone is 1. The number of aliphatic hydroxyl groups is 1.